The second-order valence-corrected chi connectivity index (χ2v) is 9.47. The number of halogens is 1. The predicted molar refractivity (Wildman–Crippen MR) is 118 cm³/mol. The quantitative estimate of drug-likeness (QED) is 0.537. The third-order valence-electron chi connectivity index (χ3n) is 4.88. The van der Waals surface area contributed by atoms with E-state index in [9.17, 15) is 13.2 Å². The lowest BCUT2D eigenvalue weighted by Gasteiger charge is -2.14. The Morgan fingerprint density at radius 2 is 1.69 bits per heavy atom. The van der Waals surface area contributed by atoms with Gasteiger partial charge in [-0.15, -0.1) is 0 Å². The molecule has 5 nitrogen and oxygen atoms in total. The molecule has 2 aromatic carbocycles. The Bertz CT molecular complexity index is 1170. The van der Waals surface area contributed by atoms with Gasteiger partial charge in [-0.05, 0) is 66.9 Å². The maximum absolute atomic E-state index is 12.8. The van der Waals surface area contributed by atoms with Crippen LogP contribution in [0.3, 0.4) is 0 Å². The van der Waals surface area contributed by atoms with E-state index in [2.05, 4.69) is 9.71 Å². The molecular weight excluding hydrogens is 408 g/mol. The minimum Gasteiger partial charge on any atom is -0.355 e. The van der Waals surface area contributed by atoms with Crippen LogP contribution in [0.25, 0.3) is 0 Å². The minimum absolute atomic E-state index is 0.00597. The van der Waals surface area contributed by atoms with Crippen LogP contribution in [0.5, 0.6) is 0 Å². The summed E-state index contributed by atoms with van der Waals surface area (Å²) in [6, 6.07) is 14.4. The van der Waals surface area contributed by atoms with E-state index in [0.717, 1.165) is 28.6 Å². The van der Waals surface area contributed by atoms with Gasteiger partial charge in [0, 0.05) is 22.2 Å². The first-order valence-corrected chi connectivity index (χ1v) is 11.4. The fraction of sp³-hybridized carbons (Fsp3) is 0.227. The molecular formula is C22H23ClN2O3S. The molecule has 0 amide bonds. The second-order valence-electron chi connectivity index (χ2n) is 7.29. The summed E-state index contributed by atoms with van der Waals surface area (Å²) in [5.74, 6) is -0.0760. The van der Waals surface area contributed by atoms with E-state index in [-0.39, 0.29) is 11.7 Å². The molecule has 1 aromatic heterocycles. The van der Waals surface area contributed by atoms with Crippen molar-refractivity contribution in [1.29, 1.82) is 0 Å². The Morgan fingerprint density at radius 1 is 1.03 bits per heavy atom. The van der Waals surface area contributed by atoms with Gasteiger partial charge in [-0.2, -0.15) is 0 Å². The maximum Gasteiger partial charge on any atom is 0.229 e. The molecule has 152 valence electrons. The summed E-state index contributed by atoms with van der Waals surface area (Å²) in [5, 5.41) is 0.586. The van der Waals surface area contributed by atoms with E-state index in [1.54, 1.807) is 30.3 Å². The first-order valence-electron chi connectivity index (χ1n) is 9.13. The average molecular weight is 431 g/mol. The molecule has 0 aliphatic carbocycles. The van der Waals surface area contributed by atoms with Crippen molar-refractivity contribution in [2.45, 2.75) is 26.7 Å². The third kappa shape index (κ3) is 4.89. The number of aromatic amines is 1. The van der Waals surface area contributed by atoms with Gasteiger partial charge in [-0.1, -0.05) is 30.7 Å². The minimum atomic E-state index is -3.33. The van der Waals surface area contributed by atoms with Crippen molar-refractivity contribution < 1.29 is 13.2 Å². The van der Waals surface area contributed by atoms with Crippen molar-refractivity contribution in [1.82, 2.24) is 4.98 Å². The molecule has 0 fully saturated rings. The van der Waals surface area contributed by atoms with Gasteiger partial charge in [0.1, 0.15) is 0 Å². The summed E-state index contributed by atoms with van der Waals surface area (Å²) in [7, 11) is -3.33. The molecule has 0 bridgehead atoms. The Morgan fingerprint density at radius 3 is 2.28 bits per heavy atom. The zero-order chi connectivity index (χ0) is 21.3. The molecule has 3 aromatic rings. The normalized spacial score (nSPS) is 12.6. The summed E-state index contributed by atoms with van der Waals surface area (Å²) >= 11 is 5.91. The first kappa shape index (κ1) is 21.1. The number of nitrogens with one attached hydrogen (secondary N) is 2. The zero-order valence-electron chi connectivity index (χ0n) is 16.7. The van der Waals surface area contributed by atoms with Crippen LogP contribution in [0.2, 0.25) is 5.02 Å². The number of rotatable bonds is 6. The van der Waals surface area contributed by atoms with Crippen molar-refractivity contribution in [2.24, 2.45) is 0 Å². The van der Waals surface area contributed by atoms with E-state index in [1.807, 2.05) is 39.0 Å². The van der Waals surface area contributed by atoms with E-state index in [1.165, 1.54) is 0 Å². The largest absolute Gasteiger partial charge is 0.355 e. The van der Waals surface area contributed by atoms with Crippen LogP contribution >= 0.6 is 11.6 Å². The molecule has 2 N–H and O–H groups in total. The van der Waals surface area contributed by atoms with Gasteiger partial charge < -0.3 is 4.98 Å². The fourth-order valence-electron chi connectivity index (χ4n) is 3.25. The van der Waals surface area contributed by atoms with Crippen LogP contribution in [-0.2, 0) is 10.0 Å². The monoisotopic (exact) mass is 430 g/mol. The van der Waals surface area contributed by atoms with Gasteiger partial charge in [-0.25, -0.2) is 8.42 Å². The Hall–Kier alpha value is -2.57. The Kier molecular flexibility index (Phi) is 5.87. The van der Waals surface area contributed by atoms with Gasteiger partial charge in [0.15, 0.2) is 0 Å². The summed E-state index contributed by atoms with van der Waals surface area (Å²) in [6.45, 7) is 5.81. The van der Waals surface area contributed by atoms with Crippen LogP contribution in [0, 0.1) is 13.8 Å². The number of aryl methyl sites for hydroxylation is 2. The number of aromatic nitrogens is 1. The van der Waals surface area contributed by atoms with Crippen LogP contribution in [0.15, 0.2) is 48.5 Å². The number of H-pyrrole nitrogens is 1. The zero-order valence-corrected chi connectivity index (χ0v) is 18.3. The van der Waals surface area contributed by atoms with Crippen molar-refractivity contribution in [2.75, 3.05) is 11.0 Å². The SMILES string of the molecule is Cc1cc(C(C)c2cc(C)c(C(=O)c3ccc(Cl)cc3)[nH]2)ccc1NS(C)(=O)=O. The topological polar surface area (TPSA) is 79.0 Å². The van der Waals surface area contributed by atoms with Crippen molar-refractivity contribution >= 4 is 33.1 Å². The lowest BCUT2D eigenvalue weighted by molar-refractivity contribution is 0.103. The molecule has 7 heteroatoms. The van der Waals surface area contributed by atoms with Gasteiger partial charge >= 0.3 is 0 Å². The van der Waals surface area contributed by atoms with Gasteiger partial charge in [0.2, 0.25) is 15.8 Å². The summed E-state index contributed by atoms with van der Waals surface area (Å²) in [4.78, 5) is 16.1. The lowest BCUT2D eigenvalue weighted by atomic mass is 9.95. The van der Waals surface area contributed by atoms with Crippen molar-refractivity contribution in [3.63, 3.8) is 0 Å². The molecule has 0 aliphatic heterocycles. The molecule has 0 spiro atoms. The molecule has 0 radical (unpaired) electrons. The number of benzene rings is 2. The van der Waals surface area contributed by atoms with Gasteiger partial charge in [-0.3, -0.25) is 9.52 Å². The summed E-state index contributed by atoms with van der Waals surface area (Å²) in [5.41, 5.74) is 5.34. The van der Waals surface area contributed by atoms with E-state index >= 15 is 0 Å². The molecule has 0 saturated heterocycles. The first-order chi connectivity index (χ1) is 13.5. The highest BCUT2D eigenvalue weighted by Crippen LogP contribution is 2.29. The number of hydrogen-bond donors (Lipinski definition) is 2. The molecule has 29 heavy (non-hydrogen) atoms. The standard InChI is InChI=1S/C22H23ClN2O3S/c1-13-11-17(7-10-19(13)25-29(4,27)28)15(3)20-12-14(2)21(24-20)22(26)16-5-8-18(23)9-6-16/h5-12,15,24-25H,1-4H3. The van der Waals surface area contributed by atoms with Crippen LogP contribution < -0.4 is 4.72 Å². The highest BCUT2D eigenvalue weighted by atomic mass is 35.5. The van der Waals surface area contributed by atoms with Crippen LogP contribution in [-0.4, -0.2) is 25.4 Å². The molecule has 1 heterocycles. The smallest absolute Gasteiger partial charge is 0.229 e. The maximum atomic E-state index is 12.8. The fourth-order valence-corrected chi connectivity index (χ4v) is 4.00. The van der Waals surface area contributed by atoms with Gasteiger partial charge in [0.05, 0.1) is 17.6 Å². The molecule has 0 saturated carbocycles. The number of carbonyl (C=O) groups is 1. The Labute approximate surface area is 176 Å². The van der Waals surface area contributed by atoms with Crippen LogP contribution in [0.4, 0.5) is 5.69 Å². The molecule has 1 atom stereocenters. The molecule has 3 rings (SSSR count). The number of hydrogen-bond acceptors (Lipinski definition) is 3. The number of carbonyl (C=O) groups excluding carboxylic acids is 1. The number of sulfonamides is 1. The average Bonchev–Trinajstić information content (AvgIpc) is 3.03. The van der Waals surface area contributed by atoms with Crippen molar-refractivity contribution in [3.8, 4) is 0 Å². The van der Waals surface area contributed by atoms with Crippen LogP contribution in [0.1, 0.15) is 51.3 Å². The van der Waals surface area contributed by atoms with Gasteiger partial charge in [0.25, 0.3) is 0 Å². The molecule has 0 aliphatic rings. The highest BCUT2D eigenvalue weighted by molar-refractivity contribution is 7.92. The lowest BCUT2D eigenvalue weighted by Crippen LogP contribution is -2.11. The predicted octanol–water partition coefficient (Wildman–Crippen LogP) is 5.04. The highest BCUT2D eigenvalue weighted by Gasteiger charge is 2.19. The Balaban J connectivity index is 1.88. The summed E-state index contributed by atoms with van der Waals surface area (Å²) in [6.07, 6.45) is 1.13. The number of ketones is 1. The summed E-state index contributed by atoms with van der Waals surface area (Å²) < 4.78 is 25.5. The second kappa shape index (κ2) is 8.05. The van der Waals surface area contributed by atoms with Crippen molar-refractivity contribution in [3.05, 3.63) is 87.2 Å². The van der Waals surface area contributed by atoms with E-state index in [4.69, 9.17) is 11.6 Å². The third-order valence-corrected chi connectivity index (χ3v) is 5.72. The molecule has 1 unspecified atom stereocenters. The van der Waals surface area contributed by atoms with E-state index in [0.29, 0.717) is 22.0 Å². The number of anilines is 1. The van der Waals surface area contributed by atoms with E-state index < -0.39 is 10.0 Å².